The molecule has 0 atom stereocenters. The van der Waals surface area contributed by atoms with Crippen LogP contribution in [-0.4, -0.2) is 6.41 Å². The lowest BCUT2D eigenvalue weighted by Crippen LogP contribution is -1.96. The molecular formula is C10H16N2O. The molecule has 0 aliphatic carbocycles. The van der Waals surface area contributed by atoms with Gasteiger partial charge in [-0.3, -0.25) is 4.79 Å². The standard InChI is InChI=1S/C9H13N.CH3NO/c1-7-3-8(2)5-9(4-7)6-10;2-1-3/h3-5H,6,10H2,1-2H3;1H,(H2,2,3). The second-order valence-corrected chi connectivity index (χ2v) is 2.84. The van der Waals surface area contributed by atoms with Crippen LogP contribution in [0.4, 0.5) is 0 Å². The van der Waals surface area contributed by atoms with Gasteiger partial charge in [0.05, 0.1) is 0 Å². The number of carbonyl (C=O) groups is 1. The molecule has 0 aliphatic heterocycles. The highest BCUT2D eigenvalue weighted by Gasteiger charge is 1.91. The van der Waals surface area contributed by atoms with Crippen LogP contribution in [0.25, 0.3) is 0 Å². The number of hydrogen-bond acceptors (Lipinski definition) is 2. The summed E-state index contributed by atoms with van der Waals surface area (Å²) in [5.41, 5.74) is 13.5. The average molecular weight is 180 g/mol. The van der Waals surface area contributed by atoms with E-state index in [0.717, 1.165) is 0 Å². The van der Waals surface area contributed by atoms with Crippen molar-refractivity contribution in [2.75, 3.05) is 0 Å². The molecule has 1 aromatic rings. The van der Waals surface area contributed by atoms with Crippen molar-refractivity contribution in [1.29, 1.82) is 0 Å². The predicted molar refractivity (Wildman–Crippen MR) is 54.1 cm³/mol. The van der Waals surface area contributed by atoms with Crippen LogP contribution >= 0.6 is 0 Å². The molecule has 0 spiro atoms. The molecule has 0 radical (unpaired) electrons. The number of nitrogens with two attached hydrogens (primary N) is 2. The van der Waals surface area contributed by atoms with Crippen LogP contribution in [-0.2, 0) is 11.3 Å². The summed E-state index contributed by atoms with van der Waals surface area (Å²) in [6, 6.07) is 6.39. The molecule has 1 aromatic carbocycles. The molecule has 0 fully saturated rings. The molecule has 0 saturated heterocycles. The normalized spacial score (nSPS) is 8.54. The molecule has 0 aliphatic rings. The van der Waals surface area contributed by atoms with E-state index in [2.05, 4.69) is 37.8 Å². The molecule has 0 bridgehead atoms. The predicted octanol–water partition coefficient (Wildman–Crippen LogP) is 0.864. The van der Waals surface area contributed by atoms with E-state index in [0.29, 0.717) is 6.54 Å². The fourth-order valence-electron chi connectivity index (χ4n) is 1.19. The highest BCUT2D eigenvalue weighted by molar-refractivity contribution is 5.42. The lowest BCUT2D eigenvalue weighted by atomic mass is 10.1. The van der Waals surface area contributed by atoms with Gasteiger partial charge in [-0.25, -0.2) is 0 Å². The molecule has 72 valence electrons. The van der Waals surface area contributed by atoms with Crippen LogP contribution in [0, 0.1) is 13.8 Å². The Morgan fingerprint density at radius 2 is 1.62 bits per heavy atom. The number of benzene rings is 1. The van der Waals surface area contributed by atoms with Crippen LogP contribution in [0.15, 0.2) is 18.2 Å². The zero-order valence-corrected chi connectivity index (χ0v) is 8.08. The van der Waals surface area contributed by atoms with Gasteiger partial charge in [-0.15, -0.1) is 0 Å². The minimum absolute atomic E-state index is 0.250. The molecule has 0 heterocycles. The molecule has 1 rings (SSSR count). The third-order valence-corrected chi connectivity index (χ3v) is 1.52. The Morgan fingerprint density at radius 1 is 1.23 bits per heavy atom. The van der Waals surface area contributed by atoms with E-state index in [1.54, 1.807) is 0 Å². The van der Waals surface area contributed by atoms with E-state index >= 15 is 0 Å². The van der Waals surface area contributed by atoms with Crippen molar-refractivity contribution in [2.24, 2.45) is 11.5 Å². The van der Waals surface area contributed by atoms with Gasteiger partial charge in [0.25, 0.3) is 0 Å². The molecule has 3 nitrogen and oxygen atoms in total. The first-order valence-electron chi connectivity index (χ1n) is 4.06. The summed E-state index contributed by atoms with van der Waals surface area (Å²) in [4.78, 5) is 8.58. The number of aryl methyl sites for hydroxylation is 2. The minimum Gasteiger partial charge on any atom is -0.372 e. The Bertz CT molecular complexity index is 251. The summed E-state index contributed by atoms with van der Waals surface area (Å²) in [6.45, 7) is 4.82. The quantitative estimate of drug-likeness (QED) is 0.629. The first-order chi connectivity index (χ1) is 6.13. The Kier molecular flexibility index (Phi) is 5.55. The molecular weight excluding hydrogens is 164 g/mol. The van der Waals surface area contributed by atoms with Gasteiger partial charge in [-0.05, 0) is 19.4 Å². The van der Waals surface area contributed by atoms with Crippen LogP contribution in [0.2, 0.25) is 0 Å². The van der Waals surface area contributed by atoms with E-state index in [-0.39, 0.29) is 6.41 Å². The Hall–Kier alpha value is -1.35. The van der Waals surface area contributed by atoms with Gasteiger partial charge in [0.15, 0.2) is 0 Å². The van der Waals surface area contributed by atoms with Crippen molar-refractivity contribution in [3.05, 3.63) is 34.9 Å². The second kappa shape index (κ2) is 6.20. The van der Waals surface area contributed by atoms with Crippen molar-refractivity contribution in [3.63, 3.8) is 0 Å². The molecule has 0 saturated carbocycles. The van der Waals surface area contributed by atoms with E-state index in [4.69, 9.17) is 10.5 Å². The number of amides is 1. The van der Waals surface area contributed by atoms with E-state index in [1.165, 1.54) is 16.7 Å². The van der Waals surface area contributed by atoms with Crippen molar-refractivity contribution < 1.29 is 4.79 Å². The third-order valence-electron chi connectivity index (χ3n) is 1.52. The molecule has 0 unspecified atom stereocenters. The van der Waals surface area contributed by atoms with Crippen LogP contribution < -0.4 is 11.5 Å². The summed E-state index contributed by atoms with van der Waals surface area (Å²) in [5, 5.41) is 0. The highest BCUT2D eigenvalue weighted by Crippen LogP contribution is 2.07. The molecule has 13 heavy (non-hydrogen) atoms. The largest absolute Gasteiger partial charge is 0.372 e. The Labute approximate surface area is 78.7 Å². The summed E-state index contributed by atoms with van der Waals surface area (Å²) in [7, 11) is 0. The SMILES string of the molecule is Cc1cc(C)cc(CN)c1.NC=O. The zero-order chi connectivity index (χ0) is 10.3. The lowest BCUT2D eigenvalue weighted by Gasteiger charge is -2.00. The fourth-order valence-corrected chi connectivity index (χ4v) is 1.19. The van der Waals surface area contributed by atoms with Crippen molar-refractivity contribution in [3.8, 4) is 0 Å². The van der Waals surface area contributed by atoms with Gasteiger partial charge < -0.3 is 11.5 Å². The van der Waals surface area contributed by atoms with Gasteiger partial charge >= 0.3 is 0 Å². The van der Waals surface area contributed by atoms with Gasteiger partial charge in [0.1, 0.15) is 0 Å². The van der Waals surface area contributed by atoms with Crippen molar-refractivity contribution in [2.45, 2.75) is 20.4 Å². The average Bonchev–Trinajstić information content (AvgIpc) is 2.04. The molecule has 1 amide bonds. The first kappa shape index (κ1) is 11.6. The Morgan fingerprint density at radius 3 is 1.92 bits per heavy atom. The summed E-state index contributed by atoms with van der Waals surface area (Å²) in [6.07, 6.45) is 0.250. The van der Waals surface area contributed by atoms with Crippen LogP contribution in [0.3, 0.4) is 0 Å². The zero-order valence-electron chi connectivity index (χ0n) is 8.08. The van der Waals surface area contributed by atoms with Gasteiger partial charge in [0, 0.05) is 6.54 Å². The van der Waals surface area contributed by atoms with Crippen molar-refractivity contribution >= 4 is 6.41 Å². The topological polar surface area (TPSA) is 69.1 Å². The van der Waals surface area contributed by atoms with Gasteiger partial charge in [-0.2, -0.15) is 0 Å². The Balaban J connectivity index is 0.000000424. The maximum Gasteiger partial charge on any atom is 0.204 e. The van der Waals surface area contributed by atoms with E-state index in [9.17, 15) is 0 Å². The number of hydrogen-bond donors (Lipinski definition) is 2. The molecule has 0 aromatic heterocycles. The smallest absolute Gasteiger partial charge is 0.204 e. The molecule has 4 N–H and O–H groups in total. The lowest BCUT2D eigenvalue weighted by molar-refractivity contribution is -0.106. The fraction of sp³-hybridized carbons (Fsp3) is 0.300. The third kappa shape index (κ3) is 4.98. The summed E-state index contributed by atoms with van der Waals surface area (Å²) >= 11 is 0. The first-order valence-corrected chi connectivity index (χ1v) is 4.06. The maximum atomic E-state index is 8.58. The monoisotopic (exact) mass is 180 g/mol. The number of carbonyl (C=O) groups excluding carboxylic acids is 1. The summed E-state index contributed by atoms with van der Waals surface area (Å²) in [5.74, 6) is 0. The van der Waals surface area contributed by atoms with Crippen LogP contribution in [0.5, 0.6) is 0 Å². The maximum absolute atomic E-state index is 8.58. The van der Waals surface area contributed by atoms with Gasteiger partial charge in [0.2, 0.25) is 6.41 Å². The van der Waals surface area contributed by atoms with E-state index in [1.807, 2.05) is 0 Å². The minimum atomic E-state index is 0.250. The van der Waals surface area contributed by atoms with E-state index < -0.39 is 0 Å². The summed E-state index contributed by atoms with van der Waals surface area (Å²) < 4.78 is 0. The number of primary amides is 1. The van der Waals surface area contributed by atoms with Crippen LogP contribution in [0.1, 0.15) is 16.7 Å². The number of rotatable bonds is 1. The van der Waals surface area contributed by atoms with Gasteiger partial charge in [-0.1, -0.05) is 29.3 Å². The second-order valence-electron chi connectivity index (χ2n) is 2.84. The van der Waals surface area contributed by atoms with Crippen molar-refractivity contribution in [1.82, 2.24) is 0 Å². The highest BCUT2D eigenvalue weighted by atomic mass is 16.1. The molecule has 3 heteroatoms.